The number of hydroxylamine groups is 2. The molecule has 1 N–H and O–H groups in total. The molecule has 0 aromatic rings. The Morgan fingerprint density at radius 1 is 1.77 bits per heavy atom. The van der Waals surface area contributed by atoms with Gasteiger partial charge in [0.15, 0.2) is 0 Å². The van der Waals surface area contributed by atoms with Crippen LogP contribution < -0.4 is 0 Å². The van der Waals surface area contributed by atoms with Gasteiger partial charge in [-0.1, -0.05) is 13.0 Å². The smallest absolute Gasteiger partial charge is 0.0968 e. The van der Waals surface area contributed by atoms with Gasteiger partial charge >= 0.3 is 0 Å². The summed E-state index contributed by atoms with van der Waals surface area (Å²) in [6.07, 6.45) is 4.97. The molecule has 0 aromatic heterocycles. The molecule has 0 bridgehead atoms. The third-order valence-electron chi connectivity index (χ3n) is 2.47. The zero-order chi connectivity index (χ0) is 9.68. The highest BCUT2D eigenvalue weighted by molar-refractivity contribution is 4.80. The molecule has 3 heteroatoms. The van der Waals surface area contributed by atoms with E-state index in [4.69, 9.17) is 9.94 Å². The molecule has 0 amide bonds. The Morgan fingerprint density at radius 2 is 2.54 bits per heavy atom. The summed E-state index contributed by atoms with van der Waals surface area (Å²) in [7, 11) is 0. The summed E-state index contributed by atoms with van der Waals surface area (Å²) in [5, 5.41) is 10.9. The SMILES string of the molecule is C=CC(CC)ON1CCC[C@H]1CO. The zero-order valence-corrected chi connectivity index (χ0v) is 8.28. The van der Waals surface area contributed by atoms with Crippen LogP contribution in [0.25, 0.3) is 0 Å². The van der Waals surface area contributed by atoms with E-state index in [1.54, 1.807) is 0 Å². The Bertz CT molecular complexity index is 161. The number of hydrogen-bond acceptors (Lipinski definition) is 3. The monoisotopic (exact) mass is 185 g/mol. The van der Waals surface area contributed by atoms with Crippen molar-refractivity contribution < 1.29 is 9.94 Å². The summed E-state index contributed by atoms with van der Waals surface area (Å²) in [4.78, 5) is 5.67. The third kappa shape index (κ3) is 2.79. The maximum Gasteiger partial charge on any atom is 0.0968 e. The van der Waals surface area contributed by atoms with Crippen molar-refractivity contribution in [1.82, 2.24) is 5.06 Å². The summed E-state index contributed by atoms with van der Waals surface area (Å²) >= 11 is 0. The molecule has 3 nitrogen and oxygen atoms in total. The summed E-state index contributed by atoms with van der Waals surface area (Å²) in [5.41, 5.74) is 0. The van der Waals surface area contributed by atoms with E-state index in [0.29, 0.717) is 0 Å². The lowest BCUT2D eigenvalue weighted by molar-refractivity contribution is -0.198. The van der Waals surface area contributed by atoms with Gasteiger partial charge in [0.1, 0.15) is 0 Å². The van der Waals surface area contributed by atoms with E-state index in [1.807, 2.05) is 11.1 Å². The van der Waals surface area contributed by atoms with Crippen LogP contribution in [0.2, 0.25) is 0 Å². The highest BCUT2D eigenvalue weighted by atomic mass is 16.7. The van der Waals surface area contributed by atoms with Crippen molar-refractivity contribution in [2.24, 2.45) is 0 Å². The van der Waals surface area contributed by atoms with Crippen molar-refractivity contribution in [1.29, 1.82) is 0 Å². The Kier molecular flexibility index (Phi) is 4.42. The molecule has 0 aromatic carbocycles. The first-order valence-corrected chi connectivity index (χ1v) is 4.98. The molecule has 76 valence electrons. The predicted octanol–water partition coefficient (Wildman–Crippen LogP) is 1.34. The molecule has 1 heterocycles. The van der Waals surface area contributed by atoms with E-state index in [1.165, 1.54) is 0 Å². The molecule has 1 aliphatic heterocycles. The van der Waals surface area contributed by atoms with E-state index in [2.05, 4.69) is 13.5 Å². The minimum absolute atomic E-state index is 0.0900. The Labute approximate surface area is 79.9 Å². The number of rotatable bonds is 5. The molecule has 0 radical (unpaired) electrons. The lowest BCUT2D eigenvalue weighted by Crippen LogP contribution is -2.35. The molecule has 1 aliphatic rings. The van der Waals surface area contributed by atoms with E-state index >= 15 is 0 Å². The summed E-state index contributed by atoms with van der Waals surface area (Å²) in [6, 6.07) is 0.189. The molecule has 0 aliphatic carbocycles. The lowest BCUT2D eigenvalue weighted by Gasteiger charge is -2.25. The molecule has 1 saturated heterocycles. The van der Waals surface area contributed by atoms with Gasteiger partial charge in [-0.15, -0.1) is 6.58 Å². The van der Waals surface area contributed by atoms with E-state index in [0.717, 1.165) is 25.8 Å². The summed E-state index contributed by atoms with van der Waals surface area (Å²) in [6.45, 7) is 6.89. The van der Waals surface area contributed by atoms with Crippen molar-refractivity contribution >= 4 is 0 Å². The molecular weight excluding hydrogens is 166 g/mol. The summed E-state index contributed by atoms with van der Waals surface area (Å²) in [5.74, 6) is 0. The van der Waals surface area contributed by atoms with Gasteiger partial charge in [0.05, 0.1) is 18.8 Å². The first-order valence-electron chi connectivity index (χ1n) is 4.98. The lowest BCUT2D eigenvalue weighted by atomic mass is 10.2. The highest BCUT2D eigenvalue weighted by Crippen LogP contribution is 2.18. The first-order chi connectivity index (χ1) is 6.31. The van der Waals surface area contributed by atoms with Crippen molar-refractivity contribution in [3.8, 4) is 0 Å². The number of hydrogen-bond donors (Lipinski definition) is 1. The van der Waals surface area contributed by atoms with Crippen molar-refractivity contribution in [3.05, 3.63) is 12.7 Å². The van der Waals surface area contributed by atoms with Crippen molar-refractivity contribution in [3.63, 3.8) is 0 Å². The second-order valence-electron chi connectivity index (χ2n) is 3.41. The minimum Gasteiger partial charge on any atom is -0.395 e. The predicted molar refractivity (Wildman–Crippen MR) is 52.2 cm³/mol. The van der Waals surface area contributed by atoms with Crippen LogP contribution in [0, 0.1) is 0 Å². The Balaban J connectivity index is 2.37. The fourth-order valence-electron chi connectivity index (χ4n) is 1.59. The second-order valence-corrected chi connectivity index (χ2v) is 3.41. The quantitative estimate of drug-likeness (QED) is 0.656. The van der Waals surface area contributed by atoms with E-state index < -0.39 is 0 Å². The average Bonchev–Trinajstić information content (AvgIpc) is 2.61. The Morgan fingerprint density at radius 3 is 3.08 bits per heavy atom. The normalized spacial score (nSPS) is 26.2. The molecule has 0 spiro atoms. The van der Waals surface area contributed by atoms with Gasteiger partial charge < -0.3 is 5.11 Å². The zero-order valence-electron chi connectivity index (χ0n) is 8.28. The van der Waals surface area contributed by atoms with Gasteiger partial charge in [-0.3, -0.25) is 4.84 Å². The third-order valence-corrected chi connectivity index (χ3v) is 2.47. The van der Waals surface area contributed by atoms with Gasteiger partial charge in [-0.2, -0.15) is 5.06 Å². The van der Waals surface area contributed by atoms with E-state index in [-0.39, 0.29) is 18.8 Å². The van der Waals surface area contributed by atoms with Crippen LogP contribution in [0.1, 0.15) is 26.2 Å². The molecule has 2 atom stereocenters. The van der Waals surface area contributed by atoms with Crippen LogP contribution in [-0.2, 0) is 4.84 Å². The molecule has 1 fully saturated rings. The van der Waals surface area contributed by atoms with Crippen LogP contribution in [0.4, 0.5) is 0 Å². The molecule has 0 saturated carbocycles. The topological polar surface area (TPSA) is 32.7 Å². The number of aliphatic hydroxyl groups is 1. The molecular formula is C10H19NO2. The van der Waals surface area contributed by atoms with Gasteiger partial charge in [0.2, 0.25) is 0 Å². The molecule has 1 unspecified atom stereocenters. The molecule has 1 rings (SSSR count). The second kappa shape index (κ2) is 5.37. The maximum absolute atomic E-state index is 9.05. The van der Waals surface area contributed by atoms with Crippen LogP contribution in [-0.4, -0.2) is 35.5 Å². The van der Waals surface area contributed by atoms with Crippen molar-refractivity contribution in [2.45, 2.75) is 38.3 Å². The molecule has 13 heavy (non-hydrogen) atoms. The fourth-order valence-corrected chi connectivity index (χ4v) is 1.59. The minimum atomic E-state index is 0.0900. The van der Waals surface area contributed by atoms with Crippen LogP contribution in [0.5, 0.6) is 0 Å². The number of aliphatic hydroxyl groups excluding tert-OH is 1. The van der Waals surface area contributed by atoms with E-state index in [9.17, 15) is 0 Å². The summed E-state index contributed by atoms with van der Waals surface area (Å²) < 4.78 is 0. The van der Waals surface area contributed by atoms with Gasteiger partial charge in [0, 0.05) is 6.54 Å². The number of nitrogens with zero attached hydrogens (tertiary/aromatic N) is 1. The largest absolute Gasteiger partial charge is 0.395 e. The van der Waals surface area contributed by atoms with Crippen molar-refractivity contribution in [2.75, 3.05) is 13.2 Å². The van der Waals surface area contributed by atoms with Gasteiger partial charge in [-0.05, 0) is 19.3 Å². The first kappa shape index (κ1) is 10.7. The van der Waals surface area contributed by atoms with Crippen LogP contribution in [0.3, 0.4) is 0 Å². The highest BCUT2D eigenvalue weighted by Gasteiger charge is 2.25. The van der Waals surface area contributed by atoms with Gasteiger partial charge in [0.25, 0.3) is 0 Å². The van der Waals surface area contributed by atoms with Crippen LogP contribution in [0.15, 0.2) is 12.7 Å². The fraction of sp³-hybridized carbons (Fsp3) is 0.800. The standard InChI is InChI=1S/C10H19NO2/c1-3-10(4-2)13-11-7-5-6-9(11)8-12/h3,9-10,12H,1,4-8H2,2H3/t9-,10?/m0/s1. The van der Waals surface area contributed by atoms with Crippen LogP contribution >= 0.6 is 0 Å². The maximum atomic E-state index is 9.05. The Hall–Kier alpha value is -0.380. The van der Waals surface area contributed by atoms with Gasteiger partial charge in [-0.25, -0.2) is 0 Å². The average molecular weight is 185 g/mol.